The van der Waals surface area contributed by atoms with Crippen molar-refractivity contribution in [1.29, 1.82) is 0 Å². The van der Waals surface area contributed by atoms with E-state index in [4.69, 9.17) is 11.6 Å². The van der Waals surface area contributed by atoms with E-state index in [1.807, 2.05) is 11.8 Å². The lowest BCUT2D eigenvalue weighted by Crippen LogP contribution is -2.38. The molecule has 0 aromatic heterocycles. The third kappa shape index (κ3) is 2.32. The van der Waals surface area contributed by atoms with Gasteiger partial charge >= 0.3 is 0 Å². The third-order valence-corrected chi connectivity index (χ3v) is 5.86. The topological polar surface area (TPSA) is 6.48 Å². The van der Waals surface area contributed by atoms with Crippen LogP contribution >= 0.6 is 23.4 Å². The Morgan fingerprint density at radius 3 is 2.82 bits per heavy atom. The molecule has 2 aliphatic rings. The van der Waals surface area contributed by atoms with Gasteiger partial charge in [0, 0.05) is 27.9 Å². The number of nitrogens with zero attached hydrogens (tertiary/aromatic N) is 2. The summed E-state index contributed by atoms with van der Waals surface area (Å²) in [5, 5.41) is 0.909. The fourth-order valence-electron chi connectivity index (χ4n) is 3.61. The first kappa shape index (κ1) is 14.4. The van der Waals surface area contributed by atoms with Crippen molar-refractivity contribution in [3.63, 3.8) is 0 Å². The minimum atomic E-state index is 0.603. The lowest BCUT2D eigenvalue weighted by molar-refractivity contribution is 0.321. The Bertz CT molecular complexity index is 729. The molecule has 0 saturated carbocycles. The molecule has 1 atom stereocenters. The molecule has 2 aromatic rings. The summed E-state index contributed by atoms with van der Waals surface area (Å²) in [5.41, 5.74) is 3.98. The Balaban J connectivity index is 1.85. The summed E-state index contributed by atoms with van der Waals surface area (Å²) in [6.45, 7) is 2.15. The molecule has 0 bridgehead atoms. The monoisotopic (exact) mass is 330 g/mol. The number of fused-ring (bicyclic) bond motifs is 2. The summed E-state index contributed by atoms with van der Waals surface area (Å²) in [6, 6.07) is 12.9. The van der Waals surface area contributed by atoms with Crippen LogP contribution in [0.3, 0.4) is 0 Å². The standard InChI is InChI=1S/C18H19ClN2S/c1-20(2)10-12-9-13-14(19)7-8-17-18(13)21(11-12)15-5-3-4-6-16(15)22-17/h3-8,12H,9-11H2,1-2H3. The first-order valence-corrected chi connectivity index (χ1v) is 8.83. The highest BCUT2D eigenvalue weighted by Gasteiger charge is 2.33. The molecule has 114 valence electrons. The molecule has 22 heavy (non-hydrogen) atoms. The van der Waals surface area contributed by atoms with E-state index in [0.717, 1.165) is 24.5 Å². The number of para-hydroxylation sites is 1. The summed E-state index contributed by atoms with van der Waals surface area (Å²) in [5.74, 6) is 0.603. The second kappa shape index (κ2) is 5.48. The molecule has 0 fully saturated rings. The predicted molar refractivity (Wildman–Crippen MR) is 94.8 cm³/mol. The largest absolute Gasteiger partial charge is 0.339 e. The fraction of sp³-hybridized carbons (Fsp3) is 0.333. The van der Waals surface area contributed by atoms with Crippen molar-refractivity contribution in [2.24, 2.45) is 5.92 Å². The Kier molecular flexibility index (Phi) is 3.60. The molecule has 1 unspecified atom stereocenters. The van der Waals surface area contributed by atoms with Crippen LogP contribution in [0.15, 0.2) is 46.2 Å². The van der Waals surface area contributed by atoms with Crippen molar-refractivity contribution in [1.82, 2.24) is 4.90 Å². The second-order valence-corrected chi connectivity index (χ2v) is 7.88. The van der Waals surface area contributed by atoms with Crippen LogP contribution < -0.4 is 4.90 Å². The van der Waals surface area contributed by atoms with Crippen LogP contribution in [0.2, 0.25) is 5.02 Å². The van der Waals surface area contributed by atoms with E-state index in [1.165, 1.54) is 26.7 Å². The zero-order chi connectivity index (χ0) is 15.3. The molecule has 0 saturated heterocycles. The van der Waals surface area contributed by atoms with Gasteiger partial charge in [-0.25, -0.2) is 0 Å². The van der Waals surface area contributed by atoms with Crippen molar-refractivity contribution in [2.75, 3.05) is 32.1 Å². The van der Waals surface area contributed by atoms with Gasteiger partial charge in [0.15, 0.2) is 0 Å². The van der Waals surface area contributed by atoms with Gasteiger partial charge in [-0.05, 0) is 56.3 Å². The van der Waals surface area contributed by atoms with E-state index < -0.39 is 0 Å². The van der Waals surface area contributed by atoms with Crippen LogP contribution in [0, 0.1) is 5.92 Å². The highest BCUT2D eigenvalue weighted by atomic mass is 35.5. The van der Waals surface area contributed by atoms with Crippen LogP contribution in [0.25, 0.3) is 0 Å². The van der Waals surface area contributed by atoms with E-state index in [9.17, 15) is 0 Å². The van der Waals surface area contributed by atoms with Crippen molar-refractivity contribution < 1.29 is 0 Å². The Morgan fingerprint density at radius 2 is 2.00 bits per heavy atom. The van der Waals surface area contributed by atoms with E-state index >= 15 is 0 Å². The van der Waals surface area contributed by atoms with Gasteiger partial charge in [-0.2, -0.15) is 0 Å². The van der Waals surface area contributed by atoms with Crippen molar-refractivity contribution in [3.05, 3.63) is 47.0 Å². The number of halogens is 1. The van der Waals surface area contributed by atoms with Crippen LogP contribution in [0.4, 0.5) is 11.4 Å². The maximum Gasteiger partial charge on any atom is 0.0600 e. The average molecular weight is 331 g/mol. The number of anilines is 2. The maximum atomic E-state index is 6.54. The van der Waals surface area contributed by atoms with Gasteiger partial charge in [0.05, 0.1) is 11.4 Å². The molecule has 4 heteroatoms. The normalized spacial score (nSPS) is 19.1. The number of hydrogen-bond acceptors (Lipinski definition) is 3. The second-order valence-electron chi connectivity index (χ2n) is 6.39. The summed E-state index contributed by atoms with van der Waals surface area (Å²) in [7, 11) is 4.29. The van der Waals surface area contributed by atoms with Crippen molar-refractivity contribution in [2.45, 2.75) is 16.2 Å². The number of hydrogen-bond donors (Lipinski definition) is 0. The predicted octanol–water partition coefficient (Wildman–Crippen LogP) is 4.68. The molecule has 0 radical (unpaired) electrons. The molecule has 2 aliphatic heterocycles. The summed E-state index contributed by atoms with van der Waals surface area (Å²) in [6.07, 6.45) is 1.07. The van der Waals surface area contributed by atoms with E-state index in [-0.39, 0.29) is 0 Å². The minimum Gasteiger partial charge on any atom is -0.339 e. The molecule has 0 amide bonds. The summed E-state index contributed by atoms with van der Waals surface area (Å²) >= 11 is 8.40. The quantitative estimate of drug-likeness (QED) is 0.789. The zero-order valence-electron chi connectivity index (χ0n) is 12.8. The van der Waals surface area contributed by atoms with Crippen LogP contribution in [-0.2, 0) is 6.42 Å². The Hall–Kier alpha value is -1.16. The molecule has 2 heterocycles. The fourth-order valence-corrected chi connectivity index (χ4v) is 4.97. The highest BCUT2D eigenvalue weighted by Crippen LogP contribution is 2.53. The third-order valence-electron chi connectivity index (χ3n) is 4.39. The van der Waals surface area contributed by atoms with Gasteiger partial charge in [-0.1, -0.05) is 35.5 Å². The molecular weight excluding hydrogens is 312 g/mol. The van der Waals surface area contributed by atoms with Gasteiger partial charge in [-0.15, -0.1) is 0 Å². The molecule has 0 spiro atoms. The van der Waals surface area contributed by atoms with Gasteiger partial charge in [-0.3, -0.25) is 0 Å². The first-order chi connectivity index (χ1) is 10.6. The van der Waals surface area contributed by atoms with Crippen LogP contribution in [0.1, 0.15) is 5.56 Å². The first-order valence-electron chi connectivity index (χ1n) is 7.64. The Labute approximate surface area is 141 Å². The van der Waals surface area contributed by atoms with Gasteiger partial charge in [0.1, 0.15) is 0 Å². The molecule has 4 rings (SSSR count). The molecule has 0 N–H and O–H groups in total. The number of benzene rings is 2. The van der Waals surface area contributed by atoms with Crippen molar-refractivity contribution in [3.8, 4) is 0 Å². The number of rotatable bonds is 2. The molecule has 2 nitrogen and oxygen atoms in total. The maximum absolute atomic E-state index is 6.54. The van der Waals surface area contributed by atoms with Crippen molar-refractivity contribution >= 4 is 34.7 Å². The van der Waals surface area contributed by atoms with Crippen LogP contribution in [0.5, 0.6) is 0 Å². The lowest BCUT2D eigenvalue weighted by Gasteiger charge is -2.41. The van der Waals surface area contributed by atoms with Crippen LogP contribution in [-0.4, -0.2) is 32.1 Å². The smallest absolute Gasteiger partial charge is 0.0600 e. The summed E-state index contributed by atoms with van der Waals surface area (Å²) < 4.78 is 0. The Morgan fingerprint density at radius 1 is 1.18 bits per heavy atom. The van der Waals surface area contributed by atoms with Gasteiger partial charge in [0.2, 0.25) is 0 Å². The van der Waals surface area contributed by atoms with Gasteiger partial charge in [0.25, 0.3) is 0 Å². The zero-order valence-corrected chi connectivity index (χ0v) is 14.4. The molecular formula is C18H19ClN2S. The van der Waals surface area contributed by atoms with E-state index in [0.29, 0.717) is 5.92 Å². The van der Waals surface area contributed by atoms with E-state index in [1.54, 1.807) is 0 Å². The lowest BCUT2D eigenvalue weighted by atomic mass is 9.91. The SMILES string of the molecule is CN(C)CC1Cc2c(Cl)ccc3c2N(C1)c1ccccc1S3. The van der Waals surface area contributed by atoms with E-state index in [2.05, 4.69) is 60.3 Å². The molecule has 2 aromatic carbocycles. The van der Waals surface area contributed by atoms with Gasteiger partial charge < -0.3 is 9.80 Å². The molecule has 0 aliphatic carbocycles. The summed E-state index contributed by atoms with van der Waals surface area (Å²) in [4.78, 5) is 7.44. The highest BCUT2D eigenvalue weighted by molar-refractivity contribution is 7.99. The minimum absolute atomic E-state index is 0.603. The average Bonchev–Trinajstić information content (AvgIpc) is 2.50.